The number of hydrogen-bond donors (Lipinski definition) is 0. The number of benzene rings is 1. The average molecular weight is 242 g/mol. The van der Waals surface area contributed by atoms with Gasteiger partial charge in [-0.05, 0) is 49.5 Å². The highest BCUT2D eigenvalue weighted by Crippen LogP contribution is 2.46. The maximum atomic E-state index is 2.44. The van der Waals surface area contributed by atoms with Crippen LogP contribution in [0.5, 0.6) is 0 Å². The summed E-state index contributed by atoms with van der Waals surface area (Å²) in [5, 5.41) is 0. The highest BCUT2D eigenvalue weighted by Gasteiger charge is 2.34. The molecule has 0 heteroatoms. The normalized spacial score (nSPS) is 24.8. The molecule has 2 unspecified atom stereocenters. The molecule has 0 radical (unpaired) electrons. The standard InChI is InChI=1S/C18H26/c1-13-6-9-15(10-7-13)16-11-8-14(2)12-17(16)18(3,4)5/h6-10,16-17H,11-12H2,1-5H3. The Balaban J connectivity index is 2.32. The summed E-state index contributed by atoms with van der Waals surface area (Å²) < 4.78 is 0. The van der Waals surface area contributed by atoms with Crippen molar-refractivity contribution >= 4 is 0 Å². The van der Waals surface area contributed by atoms with Gasteiger partial charge in [-0.2, -0.15) is 0 Å². The fourth-order valence-electron chi connectivity index (χ4n) is 3.16. The number of rotatable bonds is 1. The first-order valence-electron chi connectivity index (χ1n) is 7.10. The lowest BCUT2D eigenvalue weighted by molar-refractivity contribution is 0.190. The summed E-state index contributed by atoms with van der Waals surface area (Å²) in [6.07, 6.45) is 4.89. The van der Waals surface area contributed by atoms with E-state index in [-0.39, 0.29) is 0 Å². The van der Waals surface area contributed by atoms with Gasteiger partial charge in [-0.3, -0.25) is 0 Å². The maximum absolute atomic E-state index is 2.44. The molecule has 1 aliphatic rings. The van der Waals surface area contributed by atoms with Crippen LogP contribution in [0.1, 0.15) is 57.6 Å². The van der Waals surface area contributed by atoms with Crippen molar-refractivity contribution in [2.75, 3.05) is 0 Å². The van der Waals surface area contributed by atoms with E-state index < -0.39 is 0 Å². The molecular weight excluding hydrogens is 216 g/mol. The van der Waals surface area contributed by atoms with Gasteiger partial charge in [-0.1, -0.05) is 62.2 Å². The van der Waals surface area contributed by atoms with Crippen molar-refractivity contribution in [3.8, 4) is 0 Å². The molecule has 0 aliphatic heterocycles. The van der Waals surface area contributed by atoms with Crippen molar-refractivity contribution in [2.45, 2.75) is 53.4 Å². The molecule has 0 spiro atoms. The van der Waals surface area contributed by atoms with Gasteiger partial charge in [0.25, 0.3) is 0 Å². The van der Waals surface area contributed by atoms with Gasteiger partial charge in [0.1, 0.15) is 0 Å². The molecule has 2 atom stereocenters. The van der Waals surface area contributed by atoms with E-state index in [1.165, 1.54) is 24.0 Å². The van der Waals surface area contributed by atoms with E-state index in [1.807, 2.05) is 0 Å². The zero-order valence-corrected chi connectivity index (χ0v) is 12.5. The summed E-state index contributed by atoms with van der Waals surface area (Å²) in [4.78, 5) is 0. The van der Waals surface area contributed by atoms with Crippen molar-refractivity contribution in [2.24, 2.45) is 11.3 Å². The molecule has 1 aromatic carbocycles. The summed E-state index contributed by atoms with van der Waals surface area (Å²) in [5.41, 5.74) is 4.82. The summed E-state index contributed by atoms with van der Waals surface area (Å²) in [7, 11) is 0. The molecule has 0 N–H and O–H groups in total. The molecule has 98 valence electrons. The Labute approximate surface area is 112 Å². The van der Waals surface area contributed by atoms with Crippen LogP contribution in [0.4, 0.5) is 0 Å². The van der Waals surface area contributed by atoms with E-state index in [0.717, 1.165) is 5.92 Å². The molecule has 0 saturated carbocycles. The molecule has 0 saturated heterocycles. The smallest absolute Gasteiger partial charge is 0.00909 e. The largest absolute Gasteiger partial charge is 0.0850 e. The van der Waals surface area contributed by atoms with Gasteiger partial charge < -0.3 is 0 Å². The second kappa shape index (κ2) is 4.91. The van der Waals surface area contributed by atoms with Crippen LogP contribution in [0.25, 0.3) is 0 Å². The van der Waals surface area contributed by atoms with Crippen LogP contribution in [0.3, 0.4) is 0 Å². The lowest BCUT2D eigenvalue weighted by atomic mass is 9.65. The molecule has 2 rings (SSSR count). The number of hydrogen-bond acceptors (Lipinski definition) is 0. The third-order valence-corrected chi connectivity index (χ3v) is 4.37. The second-order valence-electron chi connectivity index (χ2n) is 6.98. The van der Waals surface area contributed by atoms with E-state index in [9.17, 15) is 0 Å². The molecule has 18 heavy (non-hydrogen) atoms. The Morgan fingerprint density at radius 2 is 1.61 bits per heavy atom. The van der Waals surface area contributed by atoms with Crippen LogP contribution in [0.15, 0.2) is 35.9 Å². The summed E-state index contributed by atoms with van der Waals surface area (Å²) >= 11 is 0. The van der Waals surface area contributed by atoms with Crippen LogP contribution in [0.2, 0.25) is 0 Å². The number of aryl methyl sites for hydroxylation is 1. The minimum Gasteiger partial charge on any atom is -0.0850 e. The Morgan fingerprint density at radius 3 is 2.17 bits per heavy atom. The van der Waals surface area contributed by atoms with Gasteiger partial charge in [0.15, 0.2) is 0 Å². The minimum absolute atomic E-state index is 0.380. The van der Waals surface area contributed by atoms with Crippen LogP contribution in [-0.2, 0) is 0 Å². The zero-order valence-electron chi connectivity index (χ0n) is 12.5. The van der Waals surface area contributed by atoms with Crippen LogP contribution < -0.4 is 0 Å². The first-order valence-corrected chi connectivity index (χ1v) is 7.10. The van der Waals surface area contributed by atoms with Crippen molar-refractivity contribution in [3.05, 3.63) is 47.0 Å². The molecule has 0 aromatic heterocycles. The van der Waals surface area contributed by atoms with Gasteiger partial charge in [-0.25, -0.2) is 0 Å². The van der Waals surface area contributed by atoms with Gasteiger partial charge in [0, 0.05) is 0 Å². The molecular formula is C18H26. The van der Waals surface area contributed by atoms with Crippen LogP contribution in [-0.4, -0.2) is 0 Å². The molecule has 1 aromatic rings. The Morgan fingerprint density at radius 1 is 1.00 bits per heavy atom. The number of allylic oxidation sites excluding steroid dienone is 2. The summed E-state index contributed by atoms with van der Waals surface area (Å²) in [6.45, 7) is 11.6. The second-order valence-corrected chi connectivity index (χ2v) is 6.98. The van der Waals surface area contributed by atoms with E-state index >= 15 is 0 Å². The lowest BCUT2D eigenvalue weighted by Gasteiger charge is -2.40. The van der Waals surface area contributed by atoms with Crippen molar-refractivity contribution in [1.82, 2.24) is 0 Å². The Kier molecular flexibility index (Phi) is 3.66. The maximum Gasteiger partial charge on any atom is -0.00909 e. The monoisotopic (exact) mass is 242 g/mol. The van der Waals surface area contributed by atoms with Gasteiger partial charge >= 0.3 is 0 Å². The summed E-state index contributed by atoms with van der Waals surface area (Å²) in [6, 6.07) is 9.15. The molecule has 0 amide bonds. The van der Waals surface area contributed by atoms with Gasteiger partial charge in [-0.15, -0.1) is 0 Å². The average Bonchev–Trinajstić information content (AvgIpc) is 2.29. The van der Waals surface area contributed by atoms with E-state index in [1.54, 1.807) is 5.57 Å². The SMILES string of the molecule is CC1=CCC(c2ccc(C)cc2)C(C(C)(C)C)C1. The highest BCUT2D eigenvalue weighted by molar-refractivity contribution is 5.28. The first kappa shape index (κ1) is 13.4. The lowest BCUT2D eigenvalue weighted by Crippen LogP contribution is -2.29. The quantitative estimate of drug-likeness (QED) is 0.572. The fraction of sp³-hybridized carbons (Fsp3) is 0.556. The first-order chi connectivity index (χ1) is 8.38. The molecule has 0 fully saturated rings. The van der Waals surface area contributed by atoms with Crippen molar-refractivity contribution in [3.63, 3.8) is 0 Å². The van der Waals surface area contributed by atoms with Gasteiger partial charge in [0.05, 0.1) is 0 Å². The van der Waals surface area contributed by atoms with E-state index in [4.69, 9.17) is 0 Å². The third kappa shape index (κ3) is 2.85. The predicted molar refractivity (Wildman–Crippen MR) is 79.9 cm³/mol. The van der Waals surface area contributed by atoms with Crippen LogP contribution >= 0.6 is 0 Å². The predicted octanol–water partition coefficient (Wildman–Crippen LogP) is 5.48. The van der Waals surface area contributed by atoms with E-state index in [2.05, 4.69) is 65.0 Å². The van der Waals surface area contributed by atoms with E-state index in [0.29, 0.717) is 11.3 Å². The minimum atomic E-state index is 0.380. The van der Waals surface area contributed by atoms with Crippen molar-refractivity contribution in [1.29, 1.82) is 0 Å². The third-order valence-electron chi connectivity index (χ3n) is 4.37. The Hall–Kier alpha value is -1.04. The molecule has 0 bridgehead atoms. The van der Waals surface area contributed by atoms with Crippen LogP contribution in [0, 0.1) is 18.3 Å². The Bertz CT molecular complexity index is 428. The topological polar surface area (TPSA) is 0 Å². The molecule has 0 heterocycles. The molecule has 1 aliphatic carbocycles. The highest BCUT2D eigenvalue weighted by atomic mass is 14.4. The van der Waals surface area contributed by atoms with Crippen molar-refractivity contribution < 1.29 is 0 Å². The molecule has 0 nitrogen and oxygen atoms in total. The summed E-state index contributed by atoms with van der Waals surface area (Å²) in [5.74, 6) is 1.44. The fourth-order valence-corrected chi connectivity index (χ4v) is 3.16. The zero-order chi connectivity index (χ0) is 13.3. The van der Waals surface area contributed by atoms with Gasteiger partial charge in [0.2, 0.25) is 0 Å².